The van der Waals surface area contributed by atoms with E-state index in [2.05, 4.69) is 20.8 Å². The number of benzene rings is 1. The highest BCUT2D eigenvalue weighted by molar-refractivity contribution is 5.97. The topological polar surface area (TPSA) is 94.2 Å². The van der Waals surface area contributed by atoms with Gasteiger partial charge in [-0.3, -0.25) is 4.79 Å². The zero-order valence-electron chi connectivity index (χ0n) is 15.3. The first kappa shape index (κ1) is 17.6. The minimum atomic E-state index is -0.283. The van der Waals surface area contributed by atoms with E-state index in [0.717, 1.165) is 11.2 Å². The lowest BCUT2D eigenvalue weighted by molar-refractivity contribution is 0.0929. The van der Waals surface area contributed by atoms with Crippen LogP contribution in [0.25, 0.3) is 16.8 Å². The van der Waals surface area contributed by atoms with Crippen molar-refractivity contribution in [2.24, 2.45) is 0 Å². The molecule has 142 valence electrons. The van der Waals surface area contributed by atoms with Crippen LogP contribution in [0.15, 0.2) is 65.3 Å². The van der Waals surface area contributed by atoms with Gasteiger partial charge < -0.3 is 24.4 Å². The Bertz CT molecular complexity index is 1070. The molecule has 0 atom stereocenters. The van der Waals surface area contributed by atoms with Gasteiger partial charge >= 0.3 is 0 Å². The van der Waals surface area contributed by atoms with Crippen molar-refractivity contribution < 1.29 is 13.9 Å². The van der Waals surface area contributed by atoms with Crippen LogP contribution in [0.4, 0.5) is 5.82 Å². The Morgan fingerprint density at radius 3 is 2.71 bits per heavy atom. The van der Waals surface area contributed by atoms with E-state index < -0.39 is 0 Å². The van der Waals surface area contributed by atoms with Gasteiger partial charge in [0.2, 0.25) is 0 Å². The van der Waals surface area contributed by atoms with Crippen molar-refractivity contribution in [3.63, 3.8) is 0 Å². The lowest BCUT2D eigenvalue weighted by Gasteiger charge is -2.07. The van der Waals surface area contributed by atoms with Gasteiger partial charge in [0.15, 0.2) is 22.9 Å². The molecule has 0 spiro atoms. The molecule has 8 nitrogen and oxygen atoms in total. The van der Waals surface area contributed by atoms with Crippen molar-refractivity contribution in [2.75, 3.05) is 25.5 Å². The fourth-order valence-electron chi connectivity index (χ4n) is 2.81. The van der Waals surface area contributed by atoms with E-state index in [0.29, 0.717) is 30.2 Å². The molecule has 0 aliphatic carbocycles. The molecule has 4 rings (SSSR count). The number of hydrogen-bond acceptors (Lipinski definition) is 6. The molecule has 0 aliphatic rings. The minimum Gasteiger partial charge on any atom is -0.493 e. The number of hydrogen-bond donors (Lipinski definition) is 2. The van der Waals surface area contributed by atoms with E-state index in [1.165, 1.54) is 0 Å². The first-order valence-corrected chi connectivity index (χ1v) is 8.80. The predicted molar refractivity (Wildman–Crippen MR) is 105 cm³/mol. The molecule has 3 aromatic heterocycles. The summed E-state index contributed by atoms with van der Waals surface area (Å²) in [5.41, 5.74) is 0.561. The highest BCUT2D eigenvalue weighted by Gasteiger charge is 2.14. The molecule has 4 aromatic rings. The summed E-state index contributed by atoms with van der Waals surface area (Å²) in [6.07, 6.45) is 3.81. The molecule has 0 fully saturated rings. The number of carbonyl (C=O) groups excluding carboxylic acids is 1. The van der Waals surface area contributed by atoms with Gasteiger partial charge in [0.25, 0.3) is 5.91 Å². The first-order valence-electron chi connectivity index (χ1n) is 8.80. The quantitative estimate of drug-likeness (QED) is 0.481. The second kappa shape index (κ2) is 7.83. The number of anilines is 1. The number of para-hydroxylation sites is 1. The highest BCUT2D eigenvalue weighted by atomic mass is 16.5. The van der Waals surface area contributed by atoms with Gasteiger partial charge in [-0.25, -0.2) is 0 Å². The Labute approximate surface area is 161 Å². The van der Waals surface area contributed by atoms with E-state index >= 15 is 0 Å². The molecule has 1 amide bonds. The Hall–Kier alpha value is -3.81. The fourth-order valence-corrected chi connectivity index (χ4v) is 2.81. The minimum absolute atomic E-state index is 0.246. The van der Waals surface area contributed by atoms with Crippen molar-refractivity contribution >= 4 is 22.7 Å². The van der Waals surface area contributed by atoms with Crippen LogP contribution >= 0.6 is 0 Å². The van der Waals surface area contributed by atoms with Crippen LogP contribution in [0.3, 0.4) is 0 Å². The van der Waals surface area contributed by atoms with Crippen molar-refractivity contribution in [2.45, 2.75) is 0 Å². The van der Waals surface area contributed by atoms with Crippen molar-refractivity contribution in [1.29, 1.82) is 0 Å². The summed E-state index contributed by atoms with van der Waals surface area (Å²) in [6.45, 7) is 0.918. The summed E-state index contributed by atoms with van der Waals surface area (Å²) < 4.78 is 12.8. The first-order chi connectivity index (χ1) is 13.7. The number of furan rings is 1. The third kappa shape index (κ3) is 3.66. The summed E-state index contributed by atoms with van der Waals surface area (Å²) in [7, 11) is 1.57. The van der Waals surface area contributed by atoms with Gasteiger partial charge in [0, 0.05) is 30.9 Å². The Morgan fingerprint density at radius 1 is 1.11 bits per heavy atom. The number of carbonyl (C=O) groups is 1. The van der Waals surface area contributed by atoms with E-state index in [1.54, 1.807) is 19.2 Å². The molecule has 0 radical (unpaired) electrons. The molecule has 3 heterocycles. The molecule has 0 saturated heterocycles. The SMILES string of the molecule is COc1cccc2cc(C(=O)NCCNc3ccc(-n4cccc4)nn3)oc12. The number of fused-ring (bicyclic) bond motifs is 1. The van der Waals surface area contributed by atoms with Crippen LogP contribution in [-0.2, 0) is 0 Å². The zero-order chi connectivity index (χ0) is 19.3. The molecule has 0 saturated carbocycles. The van der Waals surface area contributed by atoms with Crippen LogP contribution < -0.4 is 15.4 Å². The number of rotatable bonds is 7. The highest BCUT2D eigenvalue weighted by Crippen LogP contribution is 2.28. The summed E-state index contributed by atoms with van der Waals surface area (Å²) >= 11 is 0. The van der Waals surface area contributed by atoms with E-state index in [1.807, 2.05) is 53.4 Å². The summed E-state index contributed by atoms with van der Waals surface area (Å²) in [5, 5.41) is 15.0. The van der Waals surface area contributed by atoms with Gasteiger partial charge in [-0.05, 0) is 36.4 Å². The number of aromatic nitrogens is 3. The Kier molecular flexibility index (Phi) is 4.92. The zero-order valence-corrected chi connectivity index (χ0v) is 15.3. The molecule has 1 aromatic carbocycles. The third-order valence-electron chi connectivity index (χ3n) is 4.19. The largest absolute Gasteiger partial charge is 0.493 e. The van der Waals surface area contributed by atoms with Gasteiger partial charge in [-0.2, -0.15) is 0 Å². The third-order valence-corrected chi connectivity index (χ3v) is 4.19. The molecule has 0 aliphatic heterocycles. The summed E-state index contributed by atoms with van der Waals surface area (Å²) in [4.78, 5) is 12.3. The van der Waals surface area contributed by atoms with Crippen LogP contribution in [0.5, 0.6) is 5.75 Å². The summed E-state index contributed by atoms with van der Waals surface area (Å²) in [5.74, 6) is 1.94. The lowest BCUT2D eigenvalue weighted by Crippen LogP contribution is -2.28. The van der Waals surface area contributed by atoms with Crippen molar-refractivity contribution in [3.05, 3.63) is 66.7 Å². The average Bonchev–Trinajstić information content (AvgIpc) is 3.41. The van der Waals surface area contributed by atoms with E-state index in [9.17, 15) is 4.79 Å². The Balaban J connectivity index is 1.30. The maximum Gasteiger partial charge on any atom is 0.287 e. The van der Waals surface area contributed by atoms with Gasteiger partial charge in [0.05, 0.1) is 7.11 Å². The molecular weight excluding hydrogens is 358 g/mol. The van der Waals surface area contributed by atoms with E-state index in [4.69, 9.17) is 9.15 Å². The van der Waals surface area contributed by atoms with Crippen LogP contribution in [0.2, 0.25) is 0 Å². The van der Waals surface area contributed by atoms with Crippen molar-refractivity contribution in [1.82, 2.24) is 20.1 Å². The number of ether oxygens (including phenoxy) is 1. The van der Waals surface area contributed by atoms with Crippen LogP contribution in [0, 0.1) is 0 Å². The van der Waals surface area contributed by atoms with Crippen LogP contribution in [-0.4, -0.2) is 40.9 Å². The van der Waals surface area contributed by atoms with Gasteiger partial charge in [-0.1, -0.05) is 12.1 Å². The smallest absolute Gasteiger partial charge is 0.287 e. The number of nitrogens with one attached hydrogen (secondary N) is 2. The predicted octanol–water partition coefficient (Wildman–Crippen LogP) is 2.86. The Morgan fingerprint density at radius 2 is 1.96 bits per heavy atom. The van der Waals surface area contributed by atoms with E-state index in [-0.39, 0.29) is 11.7 Å². The maximum absolute atomic E-state index is 12.3. The van der Waals surface area contributed by atoms with Gasteiger partial charge in [-0.15, -0.1) is 10.2 Å². The molecule has 28 heavy (non-hydrogen) atoms. The maximum atomic E-state index is 12.3. The standard InChI is InChI=1S/C20H19N5O3/c1-27-15-6-4-5-14-13-16(28-19(14)15)20(26)22-10-9-21-17-7-8-18(24-23-17)25-11-2-3-12-25/h2-8,11-13H,9-10H2,1H3,(H,21,23)(H,22,26). The van der Waals surface area contributed by atoms with Crippen LogP contribution in [0.1, 0.15) is 10.6 Å². The average molecular weight is 377 g/mol. The normalized spacial score (nSPS) is 10.8. The number of amides is 1. The molecule has 0 unspecified atom stereocenters. The second-order valence-electron chi connectivity index (χ2n) is 6.04. The molecule has 8 heteroatoms. The van der Waals surface area contributed by atoms with Crippen molar-refractivity contribution in [3.8, 4) is 11.6 Å². The molecule has 2 N–H and O–H groups in total. The lowest BCUT2D eigenvalue weighted by atomic mass is 10.2. The molecular formula is C20H19N5O3. The van der Waals surface area contributed by atoms with Gasteiger partial charge in [0.1, 0.15) is 5.82 Å². The molecule has 0 bridgehead atoms. The number of methoxy groups -OCH3 is 1. The summed E-state index contributed by atoms with van der Waals surface area (Å²) in [6, 6.07) is 14.8. The number of nitrogens with zero attached hydrogens (tertiary/aromatic N) is 3. The second-order valence-corrected chi connectivity index (χ2v) is 6.04. The monoisotopic (exact) mass is 377 g/mol. The fraction of sp³-hybridized carbons (Fsp3) is 0.150.